The van der Waals surface area contributed by atoms with Gasteiger partial charge in [0.1, 0.15) is 0 Å². The molecule has 0 bridgehead atoms. The highest BCUT2D eigenvalue weighted by Crippen LogP contribution is 2.36. The molecule has 1 aliphatic rings. The van der Waals surface area contributed by atoms with Gasteiger partial charge in [-0.25, -0.2) is 8.42 Å². The van der Waals surface area contributed by atoms with Gasteiger partial charge in [0.2, 0.25) is 11.8 Å². The number of thioether (sulfide) groups is 1. The summed E-state index contributed by atoms with van der Waals surface area (Å²) in [6, 6.07) is 7.97. The van der Waals surface area contributed by atoms with Crippen molar-refractivity contribution < 1.29 is 18.0 Å². The van der Waals surface area contributed by atoms with Crippen LogP contribution in [0.1, 0.15) is 13.3 Å². The van der Waals surface area contributed by atoms with Crippen LogP contribution in [0, 0.1) is 0 Å². The lowest BCUT2D eigenvalue weighted by atomic mass is 10.3. The summed E-state index contributed by atoms with van der Waals surface area (Å²) in [5.41, 5.74) is 0.997. The number of carbonyl (C=O) groups is 2. The van der Waals surface area contributed by atoms with Gasteiger partial charge in [-0.05, 0) is 37.3 Å². The van der Waals surface area contributed by atoms with E-state index in [0.29, 0.717) is 11.4 Å². The first-order valence-electron chi connectivity index (χ1n) is 7.89. The van der Waals surface area contributed by atoms with Gasteiger partial charge in [0.15, 0.2) is 9.84 Å². The molecule has 9 heteroatoms. The number of nitrogens with zero attached hydrogens (tertiary/aromatic N) is 1. The van der Waals surface area contributed by atoms with E-state index >= 15 is 0 Å². The number of amides is 2. The molecule has 0 aliphatic carbocycles. The third kappa shape index (κ3) is 4.23. The number of hydrogen-bond acceptors (Lipinski definition) is 6. The molecule has 0 fully saturated rings. The summed E-state index contributed by atoms with van der Waals surface area (Å²) in [6.45, 7) is 1.79. The van der Waals surface area contributed by atoms with Crippen LogP contribution in [0.5, 0.6) is 0 Å². The summed E-state index contributed by atoms with van der Waals surface area (Å²) in [4.78, 5) is 28.5. The highest BCUT2D eigenvalue weighted by molar-refractivity contribution is 8.01. The number of anilines is 2. The zero-order valence-electron chi connectivity index (χ0n) is 13.9. The fraction of sp³-hybridized carbons (Fsp3) is 0.235. The van der Waals surface area contributed by atoms with E-state index < -0.39 is 15.7 Å². The van der Waals surface area contributed by atoms with Crippen LogP contribution in [0.25, 0.3) is 0 Å². The zero-order chi connectivity index (χ0) is 18.7. The largest absolute Gasteiger partial charge is 0.325 e. The van der Waals surface area contributed by atoms with Crippen LogP contribution in [0.2, 0.25) is 0 Å². The second-order valence-electron chi connectivity index (χ2n) is 5.77. The van der Waals surface area contributed by atoms with Gasteiger partial charge in [0.25, 0.3) is 0 Å². The van der Waals surface area contributed by atoms with E-state index in [9.17, 15) is 18.0 Å². The fourth-order valence-corrected chi connectivity index (χ4v) is 4.58. The number of pyridine rings is 1. The van der Waals surface area contributed by atoms with Crippen molar-refractivity contribution in [3.8, 4) is 0 Å². The normalized spacial score (nSPS) is 16.5. The Labute approximate surface area is 155 Å². The minimum atomic E-state index is -3.65. The van der Waals surface area contributed by atoms with E-state index in [2.05, 4.69) is 15.6 Å². The van der Waals surface area contributed by atoms with Crippen molar-refractivity contribution in [3.05, 3.63) is 42.7 Å². The quantitative estimate of drug-likeness (QED) is 0.810. The van der Waals surface area contributed by atoms with Gasteiger partial charge in [0.05, 0.1) is 33.5 Å². The molecular weight excluding hydrogens is 374 g/mol. The Morgan fingerprint density at radius 1 is 1.35 bits per heavy atom. The number of sulfone groups is 1. The summed E-state index contributed by atoms with van der Waals surface area (Å²) in [5, 5.41) is 5.09. The third-order valence-corrected chi connectivity index (χ3v) is 6.68. The van der Waals surface area contributed by atoms with Crippen molar-refractivity contribution in [2.45, 2.75) is 28.4 Å². The van der Waals surface area contributed by atoms with E-state index in [1.165, 1.54) is 30.1 Å². The summed E-state index contributed by atoms with van der Waals surface area (Å²) >= 11 is 1.38. The van der Waals surface area contributed by atoms with Gasteiger partial charge in [-0.1, -0.05) is 0 Å². The Balaban J connectivity index is 1.68. The Bertz CT molecular complexity index is 946. The summed E-state index contributed by atoms with van der Waals surface area (Å²) in [7, 11) is -3.65. The van der Waals surface area contributed by atoms with Crippen LogP contribution in [-0.4, -0.2) is 36.2 Å². The Hall–Kier alpha value is -2.39. The smallest absolute Gasteiger partial charge is 0.237 e. The second-order valence-corrected chi connectivity index (χ2v) is 9.26. The maximum atomic E-state index is 12.5. The second kappa shape index (κ2) is 7.46. The number of rotatable bonds is 5. The Kier molecular flexibility index (Phi) is 5.28. The average molecular weight is 391 g/mol. The van der Waals surface area contributed by atoms with Gasteiger partial charge in [-0.2, -0.15) is 0 Å². The van der Waals surface area contributed by atoms with E-state index in [-0.39, 0.29) is 28.2 Å². The van der Waals surface area contributed by atoms with Crippen molar-refractivity contribution >= 4 is 44.8 Å². The predicted molar refractivity (Wildman–Crippen MR) is 99.9 cm³/mol. The number of benzene rings is 1. The standard InChI is InChI=1S/C17H17N3O4S2/c1-11-17(22)20-14-9-13(4-5-15(14)25-11)26(23,24)8-6-16(21)19-12-3-2-7-18-10-12/h2-5,7,9-11H,6,8H2,1H3,(H,19,21)(H,20,22). The minimum Gasteiger partial charge on any atom is -0.325 e. The highest BCUT2D eigenvalue weighted by Gasteiger charge is 2.25. The first kappa shape index (κ1) is 18.4. The average Bonchev–Trinajstić information content (AvgIpc) is 2.61. The van der Waals surface area contributed by atoms with Crippen LogP contribution in [0.15, 0.2) is 52.5 Å². The topological polar surface area (TPSA) is 105 Å². The molecule has 26 heavy (non-hydrogen) atoms. The van der Waals surface area contributed by atoms with Gasteiger partial charge < -0.3 is 10.6 Å². The van der Waals surface area contributed by atoms with Crippen LogP contribution in [0.3, 0.4) is 0 Å². The number of nitrogens with one attached hydrogen (secondary N) is 2. The Morgan fingerprint density at radius 3 is 2.88 bits per heavy atom. The van der Waals surface area contributed by atoms with Crippen LogP contribution < -0.4 is 10.6 Å². The molecule has 7 nitrogen and oxygen atoms in total. The molecule has 2 N–H and O–H groups in total. The molecular formula is C17H17N3O4S2. The maximum Gasteiger partial charge on any atom is 0.237 e. The lowest BCUT2D eigenvalue weighted by molar-refractivity contribution is -0.116. The van der Waals surface area contributed by atoms with Crippen molar-refractivity contribution in [3.63, 3.8) is 0 Å². The molecule has 3 rings (SSSR count). The zero-order valence-corrected chi connectivity index (χ0v) is 15.6. The fourth-order valence-electron chi connectivity index (χ4n) is 2.39. The van der Waals surface area contributed by atoms with Crippen molar-refractivity contribution in [1.29, 1.82) is 0 Å². The van der Waals surface area contributed by atoms with Crippen LogP contribution in [0.4, 0.5) is 11.4 Å². The minimum absolute atomic E-state index is 0.0841. The molecule has 1 unspecified atom stereocenters. The molecule has 0 spiro atoms. The monoisotopic (exact) mass is 391 g/mol. The van der Waals surface area contributed by atoms with Crippen LogP contribution >= 0.6 is 11.8 Å². The molecule has 1 atom stereocenters. The van der Waals surface area contributed by atoms with E-state index in [4.69, 9.17) is 0 Å². The van der Waals surface area contributed by atoms with E-state index in [1.807, 2.05) is 0 Å². The van der Waals surface area contributed by atoms with Crippen molar-refractivity contribution in [1.82, 2.24) is 4.98 Å². The van der Waals surface area contributed by atoms with Gasteiger partial charge >= 0.3 is 0 Å². The van der Waals surface area contributed by atoms with Gasteiger partial charge in [0, 0.05) is 17.5 Å². The molecule has 1 aliphatic heterocycles. The number of aromatic nitrogens is 1. The summed E-state index contributed by atoms with van der Waals surface area (Å²) in [6.07, 6.45) is 2.89. The number of fused-ring (bicyclic) bond motifs is 1. The van der Waals surface area contributed by atoms with Crippen LogP contribution in [-0.2, 0) is 19.4 Å². The predicted octanol–water partition coefficient (Wildman–Crippen LogP) is 2.32. The summed E-state index contributed by atoms with van der Waals surface area (Å²) < 4.78 is 25.0. The first-order chi connectivity index (χ1) is 12.3. The maximum absolute atomic E-state index is 12.5. The molecule has 2 aromatic rings. The lowest BCUT2D eigenvalue weighted by Gasteiger charge is -2.21. The first-order valence-corrected chi connectivity index (χ1v) is 10.4. The molecule has 2 amide bonds. The molecule has 0 saturated heterocycles. The molecule has 0 radical (unpaired) electrons. The van der Waals surface area contributed by atoms with Crippen molar-refractivity contribution in [2.24, 2.45) is 0 Å². The molecule has 1 aromatic carbocycles. The van der Waals surface area contributed by atoms with E-state index in [1.54, 1.807) is 31.3 Å². The summed E-state index contributed by atoms with van der Waals surface area (Å²) in [5.74, 6) is -0.889. The van der Waals surface area contributed by atoms with Gasteiger partial charge in [-0.3, -0.25) is 14.6 Å². The SMILES string of the molecule is CC1Sc2ccc(S(=O)(=O)CCC(=O)Nc3cccnc3)cc2NC1=O. The van der Waals surface area contributed by atoms with Gasteiger partial charge in [-0.15, -0.1) is 11.8 Å². The molecule has 136 valence electrons. The van der Waals surface area contributed by atoms with Crippen molar-refractivity contribution in [2.75, 3.05) is 16.4 Å². The highest BCUT2D eigenvalue weighted by atomic mass is 32.2. The lowest BCUT2D eigenvalue weighted by Crippen LogP contribution is -2.26. The number of hydrogen-bond donors (Lipinski definition) is 2. The third-order valence-electron chi connectivity index (χ3n) is 3.78. The molecule has 1 aromatic heterocycles. The Morgan fingerprint density at radius 2 is 2.15 bits per heavy atom. The van der Waals surface area contributed by atoms with E-state index in [0.717, 1.165) is 4.90 Å². The molecule has 2 heterocycles. The molecule has 0 saturated carbocycles. The number of carbonyl (C=O) groups excluding carboxylic acids is 2.